The van der Waals surface area contributed by atoms with Crippen LogP contribution in [0, 0.1) is 27.7 Å². The molecule has 1 N–H and O–H groups in total. The third-order valence-corrected chi connectivity index (χ3v) is 5.13. The van der Waals surface area contributed by atoms with Crippen LogP contribution in [-0.2, 0) is 10.0 Å². The number of ether oxygens (including phenoxy) is 1. The number of pyridine rings is 1. The van der Waals surface area contributed by atoms with Gasteiger partial charge in [-0.05, 0) is 62.6 Å². The highest BCUT2D eigenvalue weighted by Crippen LogP contribution is 2.31. The third kappa shape index (κ3) is 3.06. The van der Waals surface area contributed by atoms with Crippen LogP contribution in [0.25, 0.3) is 0 Å². The number of aromatic nitrogens is 1. The molecule has 2 aromatic rings. The van der Waals surface area contributed by atoms with E-state index in [0.717, 1.165) is 22.6 Å². The standard InChI is InChI=1S/C16H20N2O3S/c1-10-8-15(12(3)13(4)16(10)21-5)22(19,20)18-14-6-7-17-11(2)9-14/h6-9H,1-5H3,(H,17,18). The highest BCUT2D eigenvalue weighted by atomic mass is 32.2. The van der Waals surface area contributed by atoms with Gasteiger partial charge in [0.1, 0.15) is 5.75 Å². The molecule has 0 aliphatic rings. The fourth-order valence-corrected chi connectivity index (χ4v) is 3.87. The summed E-state index contributed by atoms with van der Waals surface area (Å²) in [5, 5.41) is 0. The van der Waals surface area contributed by atoms with Gasteiger partial charge in [0.05, 0.1) is 17.7 Å². The molecule has 0 spiro atoms. The smallest absolute Gasteiger partial charge is 0.262 e. The average molecular weight is 320 g/mol. The van der Waals surface area contributed by atoms with E-state index in [2.05, 4.69) is 9.71 Å². The number of benzene rings is 1. The van der Waals surface area contributed by atoms with E-state index in [4.69, 9.17) is 4.74 Å². The molecule has 0 radical (unpaired) electrons. The fraction of sp³-hybridized carbons (Fsp3) is 0.312. The highest BCUT2D eigenvalue weighted by molar-refractivity contribution is 7.92. The number of nitrogens with one attached hydrogen (secondary N) is 1. The number of hydrogen-bond acceptors (Lipinski definition) is 4. The van der Waals surface area contributed by atoms with E-state index in [9.17, 15) is 8.42 Å². The fourth-order valence-electron chi connectivity index (χ4n) is 2.43. The predicted molar refractivity (Wildman–Crippen MR) is 87.0 cm³/mol. The Morgan fingerprint density at radius 2 is 1.77 bits per heavy atom. The Morgan fingerprint density at radius 1 is 1.09 bits per heavy atom. The van der Waals surface area contributed by atoms with Crippen molar-refractivity contribution >= 4 is 15.7 Å². The van der Waals surface area contributed by atoms with Gasteiger partial charge in [-0.3, -0.25) is 9.71 Å². The normalized spacial score (nSPS) is 11.3. The Labute approximate surface area is 131 Å². The first-order chi connectivity index (χ1) is 10.3. The van der Waals surface area contributed by atoms with Gasteiger partial charge in [-0.2, -0.15) is 0 Å². The number of nitrogens with zero attached hydrogens (tertiary/aromatic N) is 1. The molecule has 1 aromatic heterocycles. The van der Waals surface area contributed by atoms with Crippen LogP contribution in [0.2, 0.25) is 0 Å². The van der Waals surface area contributed by atoms with E-state index in [1.165, 1.54) is 0 Å². The number of anilines is 1. The van der Waals surface area contributed by atoms with E-state index in [-0.39, 0.29) is 4.90 Å². The number of aryl methyl sites for hydroxylation is 2. The maximum atomic E-state index is 12.7. The summed E-state index contributed by atoms with van der Waals surface area (Å²) in [4.78, 5) is 4.32. The van der Waals surface area contributed by atoms with Crippen molar-refractivity contribution in [2.45, 2.75) is 32.6 Å². The molecule has 5 nitrogen and oxygen atoms in total. The van der Waals surface area contributed by atoms with Crippen molar-refractivity contribution in [3.05, 3.63) is 46.8 Å². The summed E-state index contributed by atoms with van der Waals surface area (Å²) in [6.45, 7) is 7.28. The minimum Gasteiger partial charge on any atom is -0.496 e. The van der Waals surface area contributed by atoms with Gasteiger partial charge in [-0.25, -0.2) is 8.42 Å². The average Bonchev–Trinajstić information content (AvgIpc) is 2.43. The van der Waals surface area contributed by atoms with Gasteiger partial charge >= 0.3 is 0 Å². The van der Waals surface area contributed by atoms with Gasteiger partial charge in [0.15, 0.2) is 0 Å². The van der Waals surface area contributed by atoms with Crippen molar-refractivity contribution < 1.29 is 13.2 Å². The van der Waals surface area contributed by atoms with Crippen LogP contribution in [0.4, 0.5) is 5.69 Å². The summed E-state index contributed by atoms with van der Waals surface area (Å²) in [5.74, 6) is 0.719. The Kier molecular flexibility index (Phi) is 4.42. The molecular weight excluding hydrogens is 300 g/mol. The predicted octanol–water partition coefficient (Wildman–Crippen LogP) is 3.12. The van der Waals surface area contributed by atoms with Gasteiger partial charge in [0.25, 0.3) is 10.0 Å². The van der Waals surface area contributed by atoms with Crippen molar-refractivity contribution in [1.82, 2.24) is 4.98 Å². The van der Waals surface area contributed by atoms with Crippen molar-refractivity contribution in [1.29, 1.82) is 0 Å². The minimum atomic E-state index is -3.66. The summed E-state index contributed by atoms with van der Waals surface area (Å²) >= 11 is 0. The maximum absolute atomic E-state index is 12.7. The summed E-state index contributed by atoms with van der Waals surface area (Å²) in [7, 11) is -2.08. The number of hydrogen-bond donors (Lipinski definition) is 1. The maximum Gasteiger partial charge on any atom is 0.262 e. The molecule has 22 heavy (non-hydrogen) atoms. The van der Waals surface area contributed by atoms with Gasteiger partial charge in [0, 0.05) is 11.9 Å². The number of methoxy groups -OCH3 is 1. The molecule has 0 aliphatic heterocycles. The molecule has 0 fully saturated rings. The molecule has 0 saturated carbocycles. The first-order valence-corrected chi connectivity index (χ1v) is 8.35. The van der Waals surface area contributed by atoms with Crippen LogP contribution in [0.1, 0.15) is 22.4 Å². The molecule has 0 atom stereocenters. The van der Waals surface area contributed by atoms with E-state index in [0.29, 0.717) is 11.3 Å². The Hall–Kier alpha value is -2.08. The SMILES string of the molecule is COc1c(C)cc(S(=O)(=O)Nc2ccnc(C)c2)c(C)c1C. The second-order valence-corrected chi connectivity index (χ2v) is 6.92. The van der Waals surface area contributed by atoms with Crippen LogP contribution >= 0.6 is 0 Å². The van der Waals surface area contributed by atoms with Crippen LogP contribution < -0.4 is 9.46 Å². The van der Waals surface area contributed by atoms with Crippen LogP contribution in [-0.4, -0.2) is 20.5 Å². The molecule has 0 amide bonds. The van der Waals surface area contributed by atoms with Crippen molar-refractivity contribution in [2.75, 3.05) is 11.8 Å². The van der Waals surface area contributed by atoms with Gasteiger partial charge in [0.2, 0.25) is 0 Å². The third-order valence-electron chi connectivity index (χ3n) is 3.62. The summed E-state index contributed by atoms with van der Waals surface area (Å²) in [6, 6.07) is 4.96. The molecule has 1 heterocycles. The van der Waals surface area contributed by atoms with Crippen LogP contribution in [0.5, 0.6) is 5.75 Å². The van der Waals surface area contributed by atoms with Crippen molar-refractivity contribution in [2.24, 2.45) is 0 Å². The number of sulfonamides is 1. The van der Waals surface area contributed by atoms with E-state index in [1.54, 1.807) is 38.4 Å². The lowest BCUT2D eigenvalue weighted by atomic mass is 10.1. The van der Waals surface area contributed by atoms with Crippen LogP contribution in [0.15, 0.2) is 29.3 Å². The molecule has 118 valence electrons. The zero-order chi connectivity index (χ0) is 16.5. The molecule has 1 aromatic carbocycles. The highest BCUT2D eigenvalue weighted by Gasteiger charge is 2.21. The molecule has 0 bridgehead atoms. The second kappa shape index (κ2) is 5.96. The minimum absolute atomic E-state index is 0.262. The van der Waals surface area contributed by atoms with Crippen molar-refractivity contribution in [3.8, 4) is 5.75 Å². The van der Waals surface area contributed by atoms with Crippen LogP contribution in [0.3, 0.4) is 0 Å². The lowest BCUT2D eigenvalue weighted by Crippen LogP contribution is -2.15. The Morgan fingerprint density at radius 3 is 2.36 bits per heavy atom. The van der Waals surface area contributed by atoms with E-state index >= 15 is 0 Å². The van der Waals surface area contributed by atoms with E-state index < -0.39 is 10.0 Å². The summed E-state index contributed by atoms with van der Waals surface area (Å²) < 4.78 is 33.3. The summed E-state index contributed by atoms with van der Waals surface area (Å²) in [6.07, 6.45) is 1.57. The molecule has 0 aliphatic carbocycles. The first-order valence-electron chi connectivity index (χ1n) is 6.86. The molecular formula is C16H20N2O3S. The Bertz CT molecular complexity index is 814. The van der Waals surface area contributed by atoms with Gasteiger partial charge in [-0.1, -0.05) is 0 Å². The molecule has 2 rings (SSSR count). The topological polar surface area (TPSA) is 68.3 Å². The monoisotopic (exact) mass is 320 g/mol. The largest absolute Gasteiger partial charge is 0.496 e. The van der Waals surface area contributed by atoms with Gasteiger partial charge in [-0.15, -0.1) is 0 Å². The lowest BCUT2D eigenvalue weighted by Gasteiger charge is -2.16. The van der Waals surface area contributed by atoms with E-state index in [1.807, 2.05) is 20.8 Å². The van der Waals surface area contributed by atoms with Gasteiger partial charge < -0.3 is 4.74 Å². The van der Waals surface area contributed by atoms with Crippen molar-refractivity contribution in [3.63, 3.8) is 0 Å². The first kappa shape index (κ1) is 16.3. The molecule has 6 heteroatoms. The zero-order valence-corrected chi connectivity index (χ0v) is 14.2. The Balaban J connectivity index is 2.50. The summed E-state index contributed by atoms with van der Waals surface area (Å²) in [5.41, 5.74) is 3.54. The number of rotatable bonds is 4. The quantitative estimate of drug-likeness (QED) is 0.940. The molecule has 0 saturated heterocycles. The second-order valence-electron chi connectivity index (χ2n) is 5.27. The zero-order valence-electron chi connectivity index (χ0n) is 13.4. The molecule has 0 unspecified atom stereocenters. The lowest BCUT2D eigenvalue weighted by molar-refractivity contribution is 0.407.